The maximum atomic E-state index is 14.0. The molecule has 35 heavy (non-hydrogen) atoms. The van der Waals surface area contributed by atoms with Gasteiger partial charge in [0.15, 0.2) is 16.4 Å². The zero-order chi connectivity index (χ0) is 25.6. The molecule has 3 rings (SSSR count). The first kappa shape index (κ1) is 26.9. The van der Waals surface area contributed by atoms with Crippen molar-refractivity contribution in [2.45, 2.75) is 57.3 Å². The van der Waals surface area contributed by atoms with Gasteiger partial charge in [0.05, 0.1) is 22.0 Å². The molecule has 0 radical (unpaired) electrons. The number of benzene rings is 2. The minimum Gasteiger partial charge on any atom is -0.480 e. The number of anilines is 3. The third-order valence-corrected chi connectivity index (χ3v) is 8.67. The molecule has 192 valence electrons. The lowest BCUT2D eigenvalue weighted by atomic mass is 9.79. The van der Waals surface area contributed by atoms with E-state index in [0.717, 1.165) is 44.2 Å². The smallest absolute Gasteiger partial charge is 0.341 e. The van der Waals surface area contributed by atoms with Crippen molar-refractivity contribution >= 4 is 32.9 Å². The van der Waals surface area contributed by atoms with Crippen molar-refractivity contribution in [3.63, 3.8) is 0 Å². The molecule has 0 bridgehead atoms. The second-order valence-electron chi connectivity index (χ2n) is 9.75. The molecule has 0 aromatic heterocycles. The molecule has 1 aliphatic heterocycles. The number of carboxylic acid groups (broad SMARTS) is 1. The van der Waals surface area contributed by atoms with Crippen molar-refractivity contribution < 1.29 is 23.1 Å². The molecule has 7 nitrogen and oxygen atoms in total. The number of carbonyl (C=O) groups is 1. The van der Waals surface area contributed by atoms with E-state index in [9.17, 15) is 13.2 Å². The van der Waals surface area contributed by atoms with Gasteiger partial charge in [0.2, 0.25) is 0 Å². The molecule has 0 aliphatic carbocycles. The Bertz CT molecular complexity index is 1110. The van der Waals surface area contributed by atoms with Gasteiger partial charge in [-0.25, -0.2) is 13.2 Å². The summed E-state index contributed by atoms with van der Waals surface area (Å²) in [4.78, 5) is 15.3. The lowest BCUT2D eigenvalue weighted by Crippen LogP contribution is -2.38. The Labute approximate surface area is 209 Å². The van der Waals surface area contributed by atoms with Gasteiger partial charge in [0.1, 0.15) is 5.75 Å². The van der Waals surface area contributed by atoms with Crippen LogP contribution in [0.2, 0.25) is 0 Å². The molecule has 0 fully saturated rings. The predicted molar refractivity (Wildman–Crippen MR) is 141 cm³/mol. The number of sulfone groups is 1. The van der Waals surface area contributed by atoms with Gasteiger partial charge < -0.3 is 19.6 Å². The van der Waals surface area contributed by atoms with Crippen LogP contribution in [0.15, 0.2) is 47.4 Å². The minimum atomic E-state index is -3.68. The summed E-state index contributed by atoms with van der Waals surface area (Å²) in [6.07, 6.45) is 5.61. The molecule has 0 saturated carbocycles. The maximum Gasteiger partial charge on any atom is 0.341 e. The monoisotopic (exact) mass is 502 g/mol. The predicted octanol–water partition coefficient (Wildman–Crippen LogP) is 5.51. The molecule has 0 spiro atoms. The SMILES string of the molecule is CCCCC1(CCCC)CN(c2ccccc2)c2cc(N(C)C)c(OCC(=O)O)cc2S(=O)(=O)C1. The summed E-state index contributed by atoms with van der Waals surface area (Å²) in [5, 5.41) is 9.15. The fourth-order valence-corrected chi connectivity index (χ4v) is 7.04. The highest BCUT2D eigenvalue weighted by molar-refractivity contribution is 7.91. The van der Waals surface area contributed by atoms with Crippen LogP contribution in [0.3, 0.4) is 0 Å². The van der Waals surface area contributed by atoms with Crippen molar-refractivity contribution in [1.82, 2.24) is 0 Å². The summed E-state index contributed by atoms with van der Waals surface area (Å²) in [5.74, 6) is -0.797. The topological polar surface area (TPSA) is 87.2 Å². The normalized spacial score (nSPS) is 16.3. The zero-order valence-electron chi connectivity index (χ0n) is 21.3. The highest BCUT2D eigenvalue weighted by atomic mass is 32.2. The first-order valence-electron chi connectivity index (χ1n) is 12.4. The molecule has 0 atom stereocenters. The average Bonchev–Trinajstić information content (AvgIpc) is 2.92. The lowest BCUT2D eigenvalue weighted by molar-refractivity contribution is -0.139. The summed E-state index contributed by atoms with van der Waals surface area (Å²) >= 11 is 0. The molecule has 1 heterocycles. The number of carboxylic acids is 1. The lowest BCUT2D eigenvalue weighted by Gasteiger charge is -2.37. The van der Waals surface area contributed by atoms with Crippen LogP contribution >= 0.6 is 0 Å². The quantitative estimate of drug-likeness (QED) is 0.434. The van der Waals surface area contributed by atoms with Crippen LogP contribution in [0.25, 0.3) is 0 Å². The summed E-state index contributed by atoms with van der Waals surface area (Å²) in [5.41, 5.74) is 1.79. The number of hydrogen-bond donors (Lipinski definition) is 1. The molecule has 1 N–H and O–H groups in total. The van der Waals surface area contributed by atoms with E-state index in [2.05, 4.69) is 18.7 Å². The van der Waals surface area contributed by atoms with E-state index in [1.807, 2.05) is 55.4 Å². The molecule has 0 saturated heterocycles. The van der Waals surface area contributed by atoms with Crippen molar-refractivity contribution in [3.8, 4) is 5.75 Å². The molecule has 0 unspecified atom stereocenters. The van der Waals surface area contributed by atoms with E-state index in [1.54, 1.807) is 0 Å². The Morgan fingerprint density at radius 3 is 2.26 bits per heavy atom. The van der Waals surface area contributed by atoms with E-state index in [1.165, 1.54) is 6.07 Å². The number of fused-ring (bicyclic) bond motifs is 1. The van der Waals surface area contributed by atoms with Crippen LogP contribution in [0.1, 0.15) is 52.4 Å². The van der Waals surface area contributed by atoms with Crippen LogP contribution in [0, 0.1) is 5.41 Å². The average molecular weight is 503 g/mol. The van der Waals surface area contributed by atoms with E-state index in [4.69, 9.17) is 9.84 Å². The van der Waals surface area contributed by atoms with Crippen molar-refractivity contribution in [1.29, 1.82) is 0 Å². The molecule has 2 aromatic rings. The van der Waals surface area contributed by atoms with Crippen LogP contribution in [-0.2, 0) is 14.6 Å². The van der Waals surface area contributed by atoms with Gasteiger partial charge in [-0.15, -0.1) is 0 Å². The molecular weight excluding hydrogens is 464 g/mol. The maximum absolute atomic E-state index is 14.0. The number of unbranched alkanes of at least 4 members (excludes halogenated alkanes) is 2. The zero-order valence-corrected chi connectivity index (χ0v) is 22.1. The molecule has 1 aliphatic rings. The molecule has 2 aromatic carbocycles. The number of aliphatic carboxylic acids is 1. The van der Waals surface area contributed by atoms with Crippen molar-refractivity contribution in [3.05, 3.63) is 42.5 Å². The van der Waals surface area contributed by atoms with E-state index < -0.39 is 22.4 Å². The second kappa shape index (κ2) is 11.3. The fraction of sp³-hybridized carbons (Fsp3) is 0.519. The van der Waals surface area contributed by atoms with Crippen LogP contribution in [0.5, 0.6) is 5.75 Å². The van der Waals surface area contributed by atoms with Gasteiger partial charge in [-0.3, -0.25) is 0 Å². The Morgan fingerprint density at radius 1 is 1.09 bits per heavy atom. The minimum absolute atomic E-state index is 0.0655. The first-order chi connectivity index (χ1) is 16.6. The van der Waals surface area contributed by atoms with Crippen LogP contribution < -0.4 is 14.5 Å². The number of hydrogen-bond acceptors (Lipinski definition) is 6. The van der Waals surface area contributed by atoms with Gasteiger partial charge in [0, 0.05) is 37.8 Å². The van der Waals surface area contributed by atoms with Crippen molar-refractivity contribution in [2.75, 3.05) is 42.8 Å². The van der Waals surface area contributed by atoms with Gasteiger partial charge >= 0.3 is 5.97 Å². The Hall–Kier alpha value is -2.74. The summed E-state index contributed by atoms with van der Waals surface area (Å²) in [6, 6.07) is 13.2. The van der Waals surface area contributed by atoms with Crippen LogP contribution in [-0.4, -0.2) is 52.5 Å². The number of rotatable bonds is 11. The Balaban J connectivity index is 2.26. The fourth-order valence-electron chi connectivity index (χ4n) is 4.92. The molecular formula is C27H38N2O5S. The third kappa shape index (κ3) is 6.28. The molecule has 8 heteroatoms. The number of para-hydroxylation sites is 1. The van der Waals surface area contributed by atoms with Gasteiger partial charge in [-0.1, -0.05) is 57.7 Å². The second-order valence-corrected chi connectivity index (χ2v) is 11.7. The Kier molecular flexibility index (Phi) is 8.70. The van der Waals surface area contributed by atoms with E-state index in [0.29, 0.717) is 17.9 Å². The van der Waals surface area contributed by atoms with E-state index >= 15 is 0 Å². The van der Waals surface area contributed by atoms with Gasteiger partial charge in [-0.05, 0) is 31.0 Å². The summed E-state index contributed by atoms with van der Waals surface area (Å²) in [6.45, 7) is 4.33. The number of nitrogens with zero attached hydrogens (tertiary/aromatic N) is 2. The summed E-state index contributed by atoms with van der Waals surface area (Å²) < 4.78 is 33.5. The highest BCUT2D eigenvalue weighted by Crippen LogP contribution is 2.47. The largest absolute Gasteiger partial charge is 0.480 e. The van der Waals surface area contributed by atoms with Gasteiger partial charge in [0.25, 0.3) is 0 Å². The standard InChI is InChI=1S/C27H38N2O5S/c1-5-7-14-27(15-8-6-2)19-29(21-12-10-9-11-13-21)23-16-22(28(3)4)24(34-18-26(30)31)17-25(23)35(32,33)20-27/h9-13,16-17H,5-8,14-15,18-20H2,1-4H3,(H,30,31). The van der Waals surface area contributed by atoms with Gasteiger partial charge in [-0.2, -0.15) is 0 Å². The molecule has 0 amide bonds. The number of ether oxygens (including phenoxy) is 1. The van der Waals surface area contributed by atoms with Crippen LogP contribution in [0.4, 0.5) is 17.1 Å². The first-order valence-corrected chi connectivity index (χ1v) is 14.0. The summed E-state index contributed by atoms with van der Waals surface area (Å²) in [7, 11) is -0.0119. The van der Waals surface area contributed by atoms with E-state index in [-0.39, 0.29) is 21.8 Å². The highest BCUT2D eigenvalue weighted by Gasteiger charge is 2.42. The Morgan fingerprint density at radius 2 is 1.71 bits per heavy atom. The third-order valence-electron chi connectivity index (χ3n) is 6.68. The van der Waals surface area contributed by atoms with Crippen molar-refractivity contribution in [2.24, 2.45) is 5.41 Å².